The Hall–Kier alpha value is -2.55. The van der Waals surface area contributed by atoms with Gasteiger partial charge in [-0.1, -0.05) is 216 Å². The lowest BCUT2D eigenvalue weighted by molar-refractivity contribution is -0.870. The van der Waals surface area contributed by atoms with E-state index in [0.717, 1.165) is 77.0 Å². The van der Waals surface area contributed by atoms with Gasteiger partial charge in [0.1, 0.15) is 19.3 Å². The Morgan fingerprint density at radius 1 is 0.493 bits per heavy atom. The molecule has 0 fully saturated rings. The highest BCUT2D eigenvalue weighted by atomic mass is 31.2. The Morgan fingerprint density at radius 3 is 1.37 bits per heavy atom. The van der Waals surface area contributed by atoms with Gasteiger partial charge in [-0.3, -0.25) is 18.6 Å². The number of carbonyl (C=O) groups excluding carboxylic acids is 2. The van der Waals surface area contributed by atoms with E-state index in [1.807, 2.05) is 33.3 Å². The molecule has 0 aliphatic heterocycles. The zero-order valence-electron chi connectivity index (χ0n) is 47.0. The fourth-order valence-corrected chi connectivity index (χ4v) is 8.78. The fourth-order valence-electron chi connectivity index (χ4n) is 8.04. The number of ether oxygens (including phenoxy) is 1. The van der Waals surface area contributed by atoms with Crippen LogP contribution in [0.1, 0.15) is 252 Å². The third-order valence-electron chi connectivity index (χ3n) is 12.6. The second-order valence-electron chi connectivity index (χ2n) is 20.8. The molecule has 0 aliphatic carbocycles. The number of phosphoric acid groups is 1. The van der Waals surface area contributed by atoms with Crippen molar-refractivity contribution in [1.29, 1.82) is 0 Å². The van der Waals surface area contributed by atoms with Crippen molar-refractivity contribution in [3.8, 4) is 0 Å². The average molecular weight is 1020 g/mol. The number of hydrogen-bond acceptors (Lipinski definition) is 6. The fraction of sp³-hybridized carbons (Fsp3) is 0.770. The summed E-state index contributed by atoms with van der Waals surface area (Å²) in [6, 6.07) is -0.880. The van der Waals surface area contributed by atoms with Crippen molar-refractivity contribution in [3.63, 3.8) is 0 Å². The topological polar surface area (TPSA) is 111 Å². The van der Waals surface area contributed by atoms with Crippen LogP contribution in [0.2, 0.25) is 0 Å². The molecule has 3 unspecified atom stereocenters. The molecule has 0 aromatic heterocycles. The number of carbonyl (C=O) groups is 2. The predicted octanol–water partition coefficient (Wildman–Crippen LogP) is 17.7. The molecule has 1 amide bonds. The van der Waals surface area contributed by atoms with Crippen molar-refractivity contribution in [2.24, 2.45) is 0 Å². The van der Waals surface area contributed by atoms with Crippen molar-refractivity contribution < 1.29 is 37.3 Å². The lowest BCUT2D eigenvalue weighted by Crippen LogP contribution is -2.47. The van der Waals surface area contributed by atoms with E-state index < -0.39 is 20.0 Å². The first-order valence-electron chi connectivity index (χ1n) is 29.3. The predicted molar refractivity (Wildman–Crippen MR) is 305 cm³/mol. The number of nitrogens with one attached hydrogen (secondary N) is 1. The first kappa shape index (κ1) is 68.5. The molecule has 0 saturated carbocycles. The van der Waals surface area contributed by atoms with Gasteiger partial charge in [-0.2, -0.15) is 0 Å². The molecule has 71 heavy (non-hydrogen) atoms. The van der Waals surface area contributed by atoms with Crippen LogP contribution in [0.15, 0.2) is 72.9 Å². The lowest BCUT2D eigenvalue weighted by atomic mass is 10.0. The molecule has 9 nitrogen and oxygen atoms in total. The standard InChI is InChI=1S/C61H111N2O7P/c1-7-10-13-16-19-22-25-28-30-31-33-35-38-41-44-47-50-53-60(64)62-58(57-69-71(66,67)68-56-55-63(4,5)6)59(52-49-46-43-40-37-34-27-24-21-18-15-12-9-3)70-61(65)54-51-48-45-42-39-36-32-29-26-23-20-17-14-11-8-2/h19,22-23,26,28,30,33,35,41,44,49,52,58-59H,7-18,20-21,24-25,27,29,31-32,34,36-40,42-43,45-48,50-51,53-57H2,1-6H3,(H-,62,64,66,67)/p+1/b22-19-,26-23-,30-28-,35-33-,44-41-,52-49+. The first-order valence-corrected chi connectivity index (χ1v) is 30.8. The summed E-state index contributed by atoms with van der Waals surface area (Å²) < 4.78 is 30.6. The molecule has 0 aromatic rings. The van der Waals surface area contributed by atoms with Gasteiger partial charge < -0.3 is 19.4 Å². The highest BCUT2D eigenvalue weighted by molar-refractivity contribution is 7.47. The van der Waals surface area contributed by atoms with Gasteiger partial charge in [0.2, 0.25) is 5.91 Å². The van der Waals surface area contributed by atoms with Crippen LogP contribution in [-0.4, -0.2) is 74.3 Å². The van der Waals surface area contributed by atoms with Gasteiger partial charge in [-0.25, -0.2) is 4.57 Å². The van der Waals surface area contributed by atoms with E-state index in [2.05, 4.69) is 86.8 Å². The summed E-state index contributed by atoms with van der Waals surface area (Å²) in [4.78, 5) is 37.6. The molecule has 10 heteroatoms. The number of likely N-dealkylation sites (N-methyl/N-ethyl adjacent to an activating group) is 1. The van der Waals surface area contributed by atoms with Crippen LogP contribution < -0.4 is 5.32 Å². The highest BCUT2D eigenvalue weighted by Gasteiger charge is 2.30. The van der Waals surface area contributed by atoms with Crippen molar-refractivity contribution in [2.75, 3.05) is 40.9 Å². The van der Waals surface area contributed by atoms with E-state index >= 15 is 0 Å². The zero-order chi connectivity index (χ0) is 52.2. The summed E-state index contributed by atoms with van der Waals surface area (Å²) in [6.07, 6.45) is 64.7. The molecule has 0 aromatic carbocycles. The Morgan fingerprint density at radius 2 is 0.873 bits per heavy atom. The van der Waals surface area contributed by atoms with Crippen molar-refractivity contribution in [3.05, 3.63) is 72.9 Å². The number of unbranched alkanes of at least 4 members (excludes halogenated alkanes) is 26. The normalized spacial score (nSPS) is 14.3. The van der Waals surface area contributed by atoms with E-state index in [1.165, 1.54) is 135 Å². The number of esters is 1. The van der Waals surface area contributed by atoms with Crippen LogP contribution in [0.3, 0.4) is 0 Å². The number of allylic oxidation sites excluding steroid dienone is 11. The third kappa shape index (κ3) is 52.1. The largest absolute Gasteiger partial charge is 0.472 e. The van der Waals surface area contributed by atoms with Crippen molar-refractivity contribution in [1.82, 2.24) is 5.32 Å². The molecule has 0 radical (unpaired) electrons. The summed E-state index contributed by atoms with van der Waals surface area (Å²) >= 11 is 0. The van der Waals surface area contributed by atoms with E-state index in [-0.39, 0.29) is 37.9 Å². The van der Waals surface area contributed by atoms with Crippen LogP contribution in [0.4, 0.5) is 0 Å². The van der Waals surface area contributed by atoms with Gasteiger partial charge in [0, 0.05) is 12.8 Å². The Kier molecular flexibility index (Phi) is 49.1. The summed E-state index contributed by atoms with van der Waals surface area (Å²) in [5.41, 5.74) is 0. The minimum Gasteiger partial charge on any atom is -0.456 e. The molecule has 3 atom stereocenters. The van der Waals surface area contributed by atoms with Crippen LogP contribution in [0.25, 0.3) is 0 Å². The first-order chi connectivity index (χ1) is 34.4. The van der Waals surface area contributed by atoms with E-state index in [4.69, 9.17) is 13.8 Å². The maximum absolute atomic E-state index is 13.5. The van der Waals surface area contributed by atoms with Gasteiger partial charge in [0.25, 0.3) is 0 Å². The number of nitrogens with zero attached hydrogens (tertiary/aromatic N) is 1. The van der Waals surface area contributed by atoms with Gasteiger partial charge in [-0.15, -0.1) is 0 Å². The second kappa shape index (κ2) is 51.0. The van der Waals surface area contributed by atoms with Crippen LogP contribution >= 0.6 is 7.82 Å². The van der Waals surface area contributed by atoms with Gasteiger partial charge in [-0.05, 0) is 96.0 Å². The molecule has 412 valence electrons. The van der Waals surface area contributed by atoms with Crippen molar-refractivity contribution in [2.45, 2.75) is 264 Å². The maximum atomic E-state index is 13.5. The van der Waals surface area contributed by atoms with E-state index in [0.29, 0.717) is 17.4 Å². The SMILES string of the molecule is CCCCC/C=C\C/C=C\C/C=C\C/C=C\CCCC(=O)NC(COP(=O)(O)OCC[N+](C)(C)C)C(/C=C/CCCCCCCCCCCCC)OC(=O)CCCCCCCCC/C=C\CCCCCC. The summed E-state index contributed by atoms with van der Waals surface area (Å²) in [6.45, 7) is 6.92. The molecule has 0 heterocycles. The second-order valence-corrected chi connectivity index (χ2v) is 22.3. The number of rotatable bonds is 52. The van der Waals surface area contributed by atoms with Crippen molar-refractivity contribution >= 4 is 19.7 Å². The summed E-state index contributed by atoms with van der Waals surface area (Å²) in [5, 5.41) is 3.02. The maximum Gasteiger partial charge on any atom is 0.472 e. The molecule has 0 bridgehead atoms. The van der Waals surface area contributed by atoms with Gasteiger partial charge in [0.05, 0.1) is 33.8 Å². The minimum absolute atomic E-state index is 0.0274. The van der Waals surface area contributed by atoms with Crippen LogP contribution in [-0.2, 0) is 27.9 Å². The van der Waals surface area contributed by atoms with Crippen LogP contribution in [0, 0.1) is 0 Å². The van der Waals surface area contributed by atoms with Gasteiger partial charge in [0.15, 0.2) is 0 Å². The number of quaternary nitrogens is 1. The molecular formula is C61H112N2O7P+. The van der Waals surface area contributed by atoms with Crippen LogP contribution in [0.5, 0.6) is 0 Å². The Balaban J connectivity index is 5.46. The average Bonchev–Trinajstić information content (AvgIpc) is 3.33. The Labute approximate surface area is 438 Å². The molecule has 0 aliphatic rings. The monoisotopic (exact) mass is 1020 g/mol. The highest BCUT2D eigenvalue weighted by Crippen LogP contribution is 2.43. The van der Waals surface area contributed by atoms with E-state index in [1.54, 1.807) is 0 Å². The molecular weight excluding hydrogens is 904 g/mol. The molecule has 0 saturated heterocycles. The number of amides is 1. The smallest absolute Gasteiger partial charge is 0.456 e. The molecule has 0 spiro atoms. The van der Waals surface area contributed by atoms with E-state index in [9.17, 15) is 19.0 Å². The molecule has 0 rings (SSSR count). The zero-order valence-corrected chi connectivity index (χ0v) is 47.8. The lowest BCUT2D eigenvalue weighted by Gasteiger charge is -2.27. The molecule has 2 N–H and O–H groups in total. The number of hydrogen-bond donors (Lipinski definition) is 2. The quantitative estimate of drug-likeness (QED) is 0.0205. The van der Waals surface area contributed by atoms with Gasteiger partial charge >= 0.3 is 13.8 Å². The minimum atomic E-state index is -4.46. The number of phosphoric ester groups is 1. The third-order valence-corrected chi connectivity index (χ3v) is 13.6. The summed E-state index contributed by atoms with van der Waals surface area (Å²) in [5.74, 6) is -0.576. The Bertz CT molecular complexity index is 1450. The summed E-state index contributed by atoms with van der Waals surface area (Å²) in [7, 11) is 1.45.